The summed E-state index contributed by atoms with van der Waals surface area (Å²) >= 11 is 0. The topological polar surface area (TPSA) is 50.7 Å². The van der Waals surface area contributed by atoms with Crippen LogP contribution in [0.5, 0.6) is 0 Å². The first kappa shape index (κ1) is 18.5. The van der Waals surface area contributed by atoms with Gasteiger partial charge < -0.3 is 10.1 Å². The van der Waals surface area contributed by atoms with Gasteiger partial charge in [-0.3, -0.25) is 4.79 Å². The average molecular weight is 330 g/mol. The Morgan fingerprint density at radius 1 is 1.25 bits per heavy atom. The summed E-state index contributed by atoms with van der Waals surface area (Å²) in [6.45, 7) is 12.1. The third-order valence-electron chi connectivity index (χ3n) is 4.33. The standard InChI is InChI=1S/C20H30N2O2/c1-13(2)17-16(12-15-10-8-7-9-11-15)22-19(24-17)18(20(4,5)6)21-14(3)23/h7-11,13,16-18H,12H2,1-6H3,(H,21,23)/t16-,17?,18+/m0/s1. The van der Waals surface area contributed by atoms with Gasteiger partial charge in [-0.25, -0.2) is 4.99 Å². The highest BCUT2D eigenvalue weighted by molar-refractivity contribution is 5.88. The van der Waals surface area contributed by atoms with Crippen LogP contribution in [0.1, 0.15) is 47.1 Å². The predicted molar refractivity (Wildman–Crippen MR) is 98.1 cm³/mol. The summed E-state index contributed by atoms with van der Waals surface area (Å²) in [5.74, 6) is 0.962. The van der Waals surface area contributed by atoms with Crippen molar-refractivity contribution in [3.63, 3.8) is 0 Å². The van der Waals surface area contributed by atoms with Crippen molar-refractivity contribution in [1.29, 1.82) is 0 Å². The highest BCUT2D eigenvalue weighted by atomic mass is 16.5. The van der Waals surface area contributed by atoms with Crippen LogP contribution in [0.15, 0.2) is 35.3 Å². The van der Waals surface area contributed by atoms with Crippen LogP contribution >= 0.6 is 0 Å². The fourth-order valence-corrected chi connectivity index (χ4v) is 3.08. The highest BCUT2D eigenvalue weighted by Crippen LogP contribution is 2.30. The molecule has 4 heteroatoms. The van der Waals surface area contributed by atoms with E-state index in [-0.39, 0.29) is 29.5 Å². The van der Waals surface area contributed by atoms with E-state index in [1.807, 2.05) is 6.07 Å². The van der Waals surface area contributed by atoms with Crippen molar-refractivity contribution in [3.8, 4) is 0 Å². The molecule has 1 heterocycles. The number of carbonyl (C=O) groups excluding carboxylic acids is 1. The minimum Gasteiger partial charge on any atom is -0.474 e. The summed E-state index contributed by atoms with van der Waals surface area (Å²) in [6.07, 6.45) is 0.892. The number of hydrogen-bond acceptors (Lipinski definition) is 3. The van der Waals surface area contributed by atoms with Crippen LogP contribution in [0.3, 0.4) is 0 Å². The molecule has 132 valence electrons. The minimum absolute atomic E-state index is 0.0406. The van der Waals surface area contributed by atoms with E-state index in [1.54, 1.807) is 0 Å². The van der Waals surface area contributed by atoms with Crippen molar-refractivity contribution in [2.24, 2.45) is 16.3 Å². The lowest BCUT2D eigenvalue weighted by atomic mass is 9.86. The molecule has 1 unspecified atom stereocenters. The van der Waals surface area contributed by atoms with Crippen LogP contribution in [0.4, 0.5) is 0 Å². The van der Waals surface area contributed by atoms with Gasteiger partial charge in [0.2, 0.25) is 11.8 Å². The molecule has 1 aliphatic rings. The zero-order chi connectivity index (χ0) is 17.9. The molecule has 1 amide bonds. The molecule has 3 atom stereocenters. The molecule has 1 aliphatic heterocycles. The van der Waals surface area contributed by atoms with Gasteiger partial charge >= 0.3 is 0 Å². The van der Waals surface area contributed by atoms with Gasteiger partial charge in [-0.2, -0.15) is 0 Å². The first-order valence-corrected chi connectivity index (χ1v) is 8.74. The molecular weight excluding hydrogens is 300 g/mol. The minimum atomic E-state index is -0.211. The molecule has 0 radical (unpaired) electrons. The Labute approximate surface area is 145 Å². The van der Waals surface area contributed by atoms with Crippen LogP contribution in [-0.2, 0) is 16.0 Å². The number of nitrogens with zero attached hydrogens (tertiary/aromatic N) is 1. The number of benzene rings is 1. The second kappa shape index (κ2) is 7.37. The van der Waals surface area contributed by atoms with E-state index < -0.39 is 0 Å². The summed E-state index contributed by atoms with van der Waals surface area (Å²) < 4.78 is 6.23. The molecule has 2 rings (SSSR count). The second-order valence-corrected chi connectivity index (χ2v) is 8.05. The summed E-state index contributed by atoms with van der Waals surface area (Å²) in [5, 5.41) is 3.01. The van der Waals surface area contributed by atoms with Crippen LogP contribution in [0.25, 0.3) is 0 Å². The molecule has 0 fully saturated rings. The fourth-order valence-electron chi connectivity index (χ4n) is 3.08. The lowest BCUT2D eigenvalue weighted by Gasteiger charge is -2.31. The van der Waals surface area contributed by atoms with E-state index in [0.29, 0.717) is 11.8 Å². The zero-order valence-corrected chi connectivity index (χ0v) is 15.7. The van der Waals surface area contributed by atoms with Gasteiger partial charge in [-0.1, -0.05) is 65.0 Å². The Morgan fingerprint density at radius 3 is 2.38 bits per heavy atom. The summed E-state index contributed by atoms with van der Waals surface area (Å²) in [5.41, 5.74) is 1.10. The lowest BCUT2D eigenvalue weighted by Crippen LogP contribution is -2.49. The molecule has 24 heavy (non-hydrogen) atoms. The Balaban J connectivity index is 2.26. The maximum absolute atomic E-state index is 11.6. The normalized spacial score (nSPS) is 22.0. The van der Waals surface area contributed by atoms with Gasteiger partial charge in [-0.05, 0) is 23.3 Å². The average Bonchev–Trinajstić information content (AvgIpc) is 2.88. The number of amides is 1. The van der Waals surface area contributed by atoms with Crippen molar-refractivity contribution in [2.75, 3.05) is 0 Å². The van der Waals surface area contributed by atoms with Crippen LogP contribution in [-0.4, -0.2) is 30.0 Å². The van der Waals surface area contributed by atoms with Crippen molar-refractivity contribution < 1.29 is 9.53 Å². The number of aliphatic imine (C=N–C) groups is 1. The van der Waals surface area contributed by atoms with Gasteiger partial charge in [0.05, 0.1) is 6.04 Å². The fraction of sp³-hybridized carbons (Fsp3) is 0.600. The molecular formula is C20H30N2O2. The summed E-state index contributed by atoms with van der Waals surface area (Å²) in [4.78, 5) is 16.5. The molecule has 1 aromatic carbocycles. The van der Waals surface area contributed by atoms with Crippen molar-refractivity contribution in [2.45, 2.75) is 66.2 Å². The number of rotatable bonds is 5. The number of carbonyl (C=O) groups is 1. The number of hydrogen-bond donors (Lipinski definition) is 1. The maximum Gasteiger partial charge on any atom is 0.217 e. The van der Waals surface area contributed by atoms with Gasteiger partial charge in [-0.15, -0.1) is 0 Å². The summed E-state index contributed by atoms with van der Waals surface area (Å²) in [7, 11) is 0. The van der Waals surface area contributed by atoms with Crippen molar-refractivity contribution in [1.82, 2.24) is 5.32 Å². The number of nitrogens with one attached hydrogen (secondary N) is 1. The third kappa shape index (κ3) is 4.59. The smallest absolute Gasteiger partial charge is 0.217 e. The Morgan fingerprint density at radius 2 is 1.88 bits per heavy atom. The van der Waals surface area contributed by atoms with E-state index in [1.165, 1.54) is 12.5 Å². The molecule has 0 saturated heterocycles. The molecule has 0 aromatic heterocycles. The van der Waals surface area contributed by atoms with Crippen LogP contribution in [0, 0.1) is 11.3 Å². The zero-order valence-electron chi connectivity index (χ0n) is 15.7. The Hall–Kier alpha value is -1.84. The molecule has 0 saturated carbocycles. The lowest BCUT2D eigenvalue weighted by molar-refractivity contribution is -0.120. The van der Waals surface area contributed by atoms with Crippen LogP contribution < -0.4 is 5.32 Å². The highest BCUT2D eigenvalue weighted by Gasteiger charge is 2.40. The number of ether oxygens (including phenoxy) is 1. The van der Waals surface area contributed by atoms with E-state index in [4.69, 9.17) is 9.73 Å². The molecule has 0 aliphatic carbocycles. The SMILES string of the molecule is CC(=O)N[C@H](C1=N[C@@H](Cc2ccccc2)C(C(C)C)O1)C(C)(C)C. The predicted octanol–water partition coefficient (Wildman–Crippen LogP) is 3.60. The van der Waals surface area contributed by atoms with Gasteiger partial charge in [0, 0.05) is 6.92 Å². The molecule has 4 nitrogen and oxygen atoms in total. The van der Waals surface area contributed by atoms with E-state index >= 15 is 0 Å². The molecule has 1 N–H and O–H groups in total. The van der Waals surface area contributed by atoms with Gasteiger partial charge in [0.15, 0.2) is 0 Å². The summed E-state index contributed by atoms with van der Waals surface area (Å²) in [6, 6.07) is 10.2. The largest absolute Gasteiger partial charge is 0.474 e. The van der Waals surface area contributed by atoms with Crippen molar-refractivity contribution in [3.05, 3.63) is 35.9 Å². The Kier molecular flexibility index (Phi) is 5.68. The van der Waals surface area contributed by atoms with Gasteiger partial charge in [0.1, 0.15) is 12.1 Å². The monoisotopic (exact) mass is 330 g/mol. The second-order valence-electron chi connectivity index (χ2n) is 8.05. The van der Waals surface area contributed by atoms with E-state index in [9.17, 15) is 4.79 Å². The third-order valence-corrected chi connectivity index (χ3v) is 4.33. The van der Waals surface area contributed by atoms with Gasteiger partial charge in [0.25, 0.3) is 0 Å². The van der Waals surface area contributed by atoms with E-state index in [0.717, 1.165) is 6.42 Å². The first-order chi connectivity index (χ1) is 11.2. The molecule has 0 bridgehead atoms. The Bertz CT molecular complexity index is 587. The van der Waals surface area contributed by atoms with Crippen molar-refractivity contribution >= 4 is 11.8 Å². The molecule has 1 aromatic rings. The first-order valence-electron chi connectivity index (χ1n) is 8.74. The van der Waals surface area contributed by atoms with E-state index in [2.05, 4.69) is 64.2 Å². The maximum atomic E-state index is 11.6. The van der Waals surface area contributed by atoms with Crippen LogP contribution in [0.2, 0.25) is 0 Å². The molecule has 0 spiro atoms. The quantitative estimate of drug-likeness (QED) is 0.897.